The van der Waals surface area contributed by atoms with Crippen LogP contribution in [0.4, 0.5) is 0 Å². The molecule has 21 heavy (non-hydrogen) atoms. The molecule has 0 aromatic carbocycles. The summed E-state index contributed by atoms with van der Waals surface area (Å²) in [5, 5.41) is 15.8. The van der Waals surface area contributed by atoms with Gasteiger partial charge in [-0.1, -0.05) is 12.8 Å². The molecule has 0 aromatic heterocycles. The van der Waals surface area contributed by atoms with Crippen molar-refractivity contribution in [2.45, 2.75) is 49.8 Å². The van der Waals surface area contributed by atoms with E-state index in [2.05, 4.69) is 15.5 Å². The molecule has 3 rings (SSSR count). The maximum Gasteiger partial charge on any atom is 0.237 e. The Labute approximate surface area is 131 Å². The summed E-state index contributed by atoms with van der Waals surface area (Å²) in [7, 11) is 0. The number of hydrogen-bond donors (Lipinski definition) is 3. The highest BCUT2D eigenvalue weighted by Gasteiger charge is 2.40. The van der Waals surface area contributed by atoms with Crippen molar-refractivity contribution in [3.63, 3.8) is 0 Å². The maximum absolute atomic E-state index is 12.3. The molecule has 2 saturated heterocycles. The third-order valence-electron chi connectivity index (χ3n) is 5.23. The summed E-state index contributed by atoms with van der Waals surface area (Å²) in [5.41, 5.74) is 0.188. The molecule has 2 heterocycles. The topological polar surface area (TPSA) is 64.6 Å². The van der Waals surface area contributed by atoms with Crippen LogP contribution in [0.3, 0.4) is 0 Å². The highest BCUT2D eigenvalue weighted by atomic mass is 32.2. The van der Waals surface area contributed by atoms with Crippen LogP contribution in [0.5, 0.6) is 0 Å². The van der Waals surface area contributed by atoms with Crippen molar-refractivity contribution in [1.29, 1.82) is 0 Å². The number of amides is 1. The molecule has 3 aliphatic rings. The number of nitrogens with one attached hydrogen (secondary N) is 2. The Morgan fingerprint density at radius 2 is 2.05 bits per heavy atom. The summed E-state index contributed by atoms with van der Waals surface area (Å²) < 4.78 is 0. The molecule has 6 heteroatoms. The molecule has 0 radical (unpaired) electrons. The van der Waals surface area contributed by atoms with Crippen LogP contribution in [0.1, 0.15) is 32.1 Å². The van der Waals surface area contributed by atoms with Gasteiger partial charge in [0.1, 0.15) is 0 Å². The monoisotopic (exact) mass is 313 g/mol. The molecule has 0 spiro atoms. The molecule has 0 aromatic rings. The van der Waals surface area contributed by atoms with Crippen molar-refractivity contribution < 1.29 is 9.90 Å². The first-order valence-corrected chi connectivity index (χ1v) is 9.37. The Balaban J connectivity index is 1.56. The number of thioether (sulfide) groups is 1. The number of aliphatic hydroxyl groups excluding tert-OH is 1. The zero-order valence-electron chi connectivity index (χ0n) is 12.6. The average Bonchev–Trinajstić information content (AvgIpc) is 3.16. The van der Waals surface area contributed by atoms with Gasteiger partial charge in [0, 0.05) is 43.2 Å². The van der Waals surface area contributed by atoms with E-state index >= 15 is 0 Å². The molecule has 0 bridgehead atoms. The van der Waals surface area contributed by atoms with Crippen LogP contribution in [0.2, 0.25) is 0 Å². The van der Waals surface area contributed by atoms with Crippen LogP contribution in [0, 0.1) is 0 Å². The van der Waals surface area contributed by atoms with Crippen LogP contribution >= 0.6 is 11.8 Å². The van der Waals surface area contributed by atoms with E-state index in [1.165, 1.54) is 37.2 Å². The average molecular weight is 313 g/mol. The fraction of sp³-hybridized carbons (Fsp3) is 0.933. The maximum atomic E-state index is 12.3. The second kappa shape index (κ2) is 6.86. The van der Waals surface area contributed by atoms with Crippen molar-refractivity contribution >= 4 is 17.7 Å². The minimum absolute atomic E-state index is 0.0595. The molecule has 3 fully saturated rings. The summed E-state index contributed by atoms with van der Waals surface area (Å²) in [6.45, 7) is 3.61. The Hall–Kier alpha value is -0.300. The molecule has 1 saturated carbocycles. The van der Waals surface area contributed by atoms with Crippen molar-refractivity contribution in [1.82, 2.24) is 15.5 Å². The van der Waals surface area contributed by atoms with E-state index in [9.17, 15) is 9.90 Å². The minimum atomic E-state index is -0.375. The summed E-state index contributed by atoms with van der Waals surface area (Å²) in [6, 6.07) is -0.213. The van der Waals surface area contributed by atoms with E-state index in [0.29, 0.717) is 13.0 Å². The number of nitrogens with zero attached hydrogens (tertiary/aromatic N) is 1. The van der Waals surface area contributed by atoms with Crippen molar-refractivity contribution in [3.8, 4) is 0 Å². The highest BCUT2D eigenvalue weighted by molar-refractivity contribution is 7.99. The standard InChI is InChI=1S/C15H27N3O2S/c19-12-9-13(16-10-12)14(20)17-11-15(3-1-2-4-15)18-5-7-21-8-6-18/h12-13,16,19H,1-11H2,(H,17,20)/t12-,13+/m0/s1. The second-order valence-corrected chi connectivity index (χ2v) is 7.82. The molecule has 0 unspecified atom stereocenters. The smallest absolute Gasteiger partial charge is 0.237 e. The predicted octanol–water partition coefficient (Wildman–Crippen LogP) is 0.187. The molecular formula is C15H27N3O2S. The summed E-state index contributed by atoms with van der Waals surface area (Å²) in [5.74, 6) is 2.49. The fourth-order valence-electron chi connectivity index (χ4n) is 3.97. The zero-order chi connectivity index (χ0) is 14.7. The molecule has 1 amide bonds. The summed E-state index contributed by atoms with van der Waals surface area (Å²) in [6.07, 6.45) is 5.14. The van der Waals surface area contributed by atoms with Crippen LogP contribution in [0.15, 0.2) is 0 Å². The van der Waals surface area contributed by atoms with Gasteiger partial charge in [-0.2, -0.15) is 11.8 Å². The molecule has 1 aliphatic carbocycles. The third kappa shape index (κ3) is 3.55. The SMILES string of the molecule is O=C(NCC1(N2CCSCC2)CCCC1)[C@H]1C[C@H](O)CN1. The highest BCUT2D eigenvalue weighted by Crippen LogP contribution is 2.36. The molecule has 2 aliphatic heterocycles. The fourth-order valence-corrected chi connectivity index (χ4v) is 4.87. The van der Waals surface area contributed by atoms with Gasteiger partial charge in [0.05, 0.1) is 12.1 Å². The van der Waals surface area contributed by atoms with Gasteiger partial charge in [0.2, 0.25) is 5.91 Å². The Kier molecular flexibility index (Phi) is 5.09. The van der Waals surface area contributed by atoms with Gasteiger partial charge < -0.3 is 15.7 Å². The van der Waals surface area contributed by atoms with Crippen molar-refractivity contribution in [2.24, 2.45) is 0 Å². The first kappa shape index (κ1) is 15.6. The Morgan fingerprint density at radius 1 is 1.33 bits per heavy atom. The van der Waals surface area contributed by atoms with Gasteiger partial charge in [-0.25, -0.2) is 0 Å². The largest absolute Gasteiger partial charge is 0.392 e. The van der Waals surface area contributed by atoms with Gasteiger partial charge in [-0.3, -0.25) is 9.69 Å². The normalized spacial score (nSPS) is 33.2. The summed E-state index contributed by atoms with van der Waals surface area (Å²) in [4.78, 5) is 14.9. The number of rotatable bonds is 4. The van der Waals surface area contributed by atoms with Crippen LogP contribution in [0.25, 0.3) is 0 Å². The number of carbonyl (C=O) groups is 1. The Bertz CT molecular complexity index is 368. The quantitative estimate of drug-likeness (QED) is 0.691. The molecule has 120 valence electrons. The van der Waals surface area contributed by atoms with E-state index in [4.69, 9.17) is 0 Å². The lowest BCUT2D eigenvalue weighted by atomic mass is 9.94. The number of β-amino-alcohol motifs (C(OH)–C–C–N with tert-alkyl or cyclic N) is 1. The van der Waals surface area contributed by atoms with Crippen LogP contribution in [-0.4, -0.2) is 71.3 Å². The molecule has 3 N–H and O–H groups in total. The van der Waals surface area contributed by atoms with E-state index in [-0.39, 0.29) is 23.6 Å². The van der Waals surface area contributed by atoms with Crippen LogP contribution < -0.4 is 10.6 Å². The zero-order valence-corrected chi connectivity index (χ0v) is 13.5. The minimum Gasteiger partial charge on any atom is -0.392 e. The van der Waals surface area contributed by atoms with E-state index in [1.54, 1.807) is 0 Å². The molecule has 5 nitrogen and oxygen atoms in total. The van der Waals surface area contributed by atoms with Gasteiger partial charge >= 0.3 is 0 Å². The Morgan fingerprint density at radius 3 is 2.67 bits per heavy atom. The lowest BCUT2D eigenvalue weighted by molar-refractivity contribution is -0.123. The van der Waals surface area contributed by atoms with Gasteiger partial charge in [0.15, 0.2) is 0 Å². The first-order valence-electron chi connectivity index (χ1n) is 8.22. The van der Waals surface area contributed by atoms with Gasteiger partial charge in [-0.05, 0) is 19.3 Å². The molecule has 2 atom stereocenters. The number of aliphatic hydroxyl groups is 1. The van der Waals surface area contributed by atoms with Crippen molar-refractivity contribution in [2.75, 3.05) is 37.7 Å². The van der Waals surface area contributed by atoms with Gasteiger partial charge in [-0.15, -0.1) is 0 Å². The van der Waals surface area contributed by atoms with Crippen molar-refractivity contribution in [3.05, 3.63) is 0 Å². The molecular weight excluding hydrogens is 286 g/mol. The third-order valence-corrected chi connectivity index (χ3v) is 6.17. The van der Waals surface area contributed by atoms with Gasteiger partial charge in [0.25, 0.3) is 0 Å². The van der Waals surface area contributed by atoms with E-state index < -0.39 is 0 Å². The number of hydrogen-bond acceptors (Lipinski definition) is 5. The second-order valence-electron chi connectivity index (χ2n) is 6.60. The summed E-state index contributed by atoms with van der Waals surface area (Å²) >= 11 is 2.03. The first-order chi connectivity index (χ1) is 10.2. The lowest BCUT2D eigenvalue weighted by Gasteiger charge is -2.43. The predicted molar refractivity (Wildman–Crippen MR) is 85.5 cm³/mol. The van der Waals surface area contributed by atoms with E-state index in [0.717, 1.165) is 19.6 Å². The van der Waals surface area contributed by atoms with E-state index in [1.807, 2.05) is 11.8 Å². The van der Waals surface area contributed by atoms with Crippen LogP contribution in [-0.2, 0) is 4.79 Å². The number of carbonyl (C=O) groups excluding carboxylic acids is 1. The lowest BCUT2D eigenvalue weighted by Crippen LogP contribution is -2.57.